The number of carbonyl (C=O) groups excluding carboxylic acids is 1. The highest BCUT2D eigenvalue weighted by Crippen LogP contribution is 2.23. The molecule has 0 aliphatic carbocycles. The van der Waals surface area contributed by atoms with Gasteiger partial charge in [0.2, 0.25) is 0 Å². The lowest BCUT2D eigenvalue weighted by molar-refractivity contribution is -0.146. The average Bonchev–Trinajstić information content (AvgIpc) is 2.81. The Morgan fingerprint density at radius 3 is 2.95 bits per heavy atom. The summed E-state index contributed by atoms with van der Waals surface area (Å²) in [5, 5.41) is 10.2. The van der Waals surface area contributed by atoms with Crippen LogP contribution < -0.4 is 4.74 Å². The molecular weight excluding hydrogens is 282 g/mol. The largest absolute Gasteiger partial charge is 0.491 e. The van der Waals surface area contributed by atoms with Gasteiger partial charge in [0.15, 0.2) is 0 Å². The molecule has 1 fully saturated rings. The lowest BCUT2D eigenvalue weighted by atomic mass is 10.2. The standard InChI is InChI=1S/C14H18ClNO4/c1-19-14(18)12-8-10(17)9-16(12)6-7-20-13-5-3-2-4-11(13)15/h2-5,10,12,17H,6-9H2,1H3. The number of hydrogen-bond donors (Lipinski definition) is 1. The van der Waals surface area contributed by atoms with Crippen LogP contribution in [0.1, 0.15) is 6.42 Å². The molecule has 0 radical (unpaired) electrons. The first kappa shape index (κ1) is 15.1. The molecule has 20 heavy (non-hydrogen) atoms. The first-order chi connectivity index (χ1) is 9.61. The molecule has 0 bridgehead atoms. The number of aliphatic hydroxyl groups excluding tert-OH is 1. The molecule has 1 saturated heterocycles. The monoisotopic (exact) mass is 299 g/mol. The van der Waals surface area contributed by atoms with E-state index in [9.17, 15) is 9.90 Å². The molecule has 1 heterocycles. The summed E-state index contributed by atoms with van der Waals surface area (Å²) >= 11 is 5.99. The van der Waals surface area contributed by atoms with Crippen molar-refractivity contribution in [1.29, 1.82) is 0 Å². The number of para-hydroxylation sites is 1. The first-order valence-electron chi connectivity index (χ1n) is 6.49. The van der Waals surface area contributed by atoms with Gasteiger partial charge in [-0.15, -0.1) is 0 Å². The molecule has 0 saturated carbocycles. The van der Waals surface area contributed by atoms with Crippen LogP contribution in [-0.2, 0) is 9.53 Å². The Balaban J connectivity index is 1.87. The van der Waals surface area contributed by atoms with Crippen molar-refractivity contribution < 1.29 is 19.4 Å². The second kappa shape index (κ2) is 6.92. The van der Waals surface area contributed by atoms with Gasteiger partial charge in [-0.25, -0.2) is 0 Å². The fourth-order valence-electron chi connectivity index (χ4n) is 2.34. The topological polar surface area (TPSA) is 59.0 Å². The molecular formula is C14H18ClNO4. The maximum Gasteiger partial charge on any atom is 0.323 e. The molecule has 6 heteroatoms. The Morgan fingerprint density at radius 2 is 2.25 bits per heavy atom. The van der Waals surface area contributed by atoms with Gasteiger partial charge in [0.1, 0.15) is 18.4 Å². The Labute approximate surface area is 123 Å². The number of ether oxygens (including phenoxy) is 2. The predicted molar refractivity (Wildman–Crippen MR) is 74.9 cm³/mol. The van der Waals surface area contributed by atoms with Crippen LogP contribution in [0.2, 0.25) is 5.02 Å². The maximum absolute atomic E-state index is 11.6. The first-order valence-corrected chi connectivity index (χ1v) is 6.87. The van der Waals surface area contributed by atoms with Gasteiger partial charge in [-0.05, 0) is 12.1 Å². The number of aliphatic hydroxyl groups is 1. The van der Waals surface area contributed by atoms with Gasteiger partial charge in [-0.2, -0.15) is 0 Å². The fraction of sp³-hybridized carbons (Fsp3) is 0.500. The SMILES string of the molecule is COC(=O)C1CC(O)CN1CCOc1ccccc1Cl. The van der Waals surface area contributed by atoms with E-state index < -0.39 is 12.1 Å². The van der Waals surface area contributed by atoms with Crippen molar-refractivity contribution in [2.45, 2.75) is 18.6 Å². The zero-order chi connectivity index (χ0) is 14.5. The quantitative estimate of drug-likeness (QED) is 0.831. The number of rotatable bonds is 5. The molecule has 1 aromatic carbocycles. The zero-order valence-electron chi connectivity index (χ0n) is 11.3. The van der Waals surface area contributed by atoms with E-state index in [-0.39, 0.29) is 5.97 Å². The van der Waals surface area contributed by atoms with E-state index in [1.54, 1.807) is 12.1 Å². The van der Waals surface area contributed by atoms with Gasteiger partial charge in [0.25, 0.3) is 0 Å². The van der Waals surface area contributed by atoms with E-state index in [1.807, 2.05) is 17.0 Å². The number of methoxy groups -OCH3 is 1. The maximum atomic E-state index is 11.6. The number of esters is 1. The number of hydrogen-bond acceptors (Lipinski definition) is 5. The van der Waals surface area contributed by atoms with Crippen molar-refractivity contribution in [3.63, 3.8) is 0 Å². The van der Waals surface area contributed by atoms with Crippen LogP contribution in [0, 0.1) is 0 Å². The van der Waals surface area contributed by atoms with Crippen LogP contribution in [0.3, 0.4) is 0 Å². The molecule has 0 amide bonds. The van der Waals surface area contributed by atoms with Crippen molar-refractivity contribution in [2.24, 2.45) is 0 Å². The summed E-state index contributed by atoms with van der Waals surface area (Å²) in [6.07, 6.45) is -0.0990. The smallest absolute Gasteiger partial charge is 0.323 e. The predicted octanol–water partition coefficient (Wildman–Crippen LogP) is 1.33. The van der Waals surface area contributed by atoms with Crippen LogP contribution in [0.4, 0.5) is 0 Å². The number of halogens is 1. The van der Waals surface area contributed by atoms with E-state index >= 15 is 0 Å². The molecule has 110 valence electrons. The summed E-state index contributed by atoms with van der Waals surface area (Å²) in [6, 6.07) is 6.83. The minimum absolute atomic E-state index is 0.320. The number of nitrogens with zero attached hydrogens (tertiary/aromatic N) is 1. The Morgan fingerprint density at radius 1 is 1.50 bits per heavy atom. The van der Waals surface area contributed by atoms with Gasteiger partial charge in [-0.1, -0.05) is 23.7 Å². The van der Waals surface area contributed by atoms with Crippen LogP contribution in [0.5, 0.6) is 5.75 Å². The van der Waals surface area contributed by atoms with Gasteiger partial charge < -0.3 is 14.6 Å². The average molecular weight is 300 g/mol. The van der Waals surface area contributed by atoms with Crippen molar-refractivity contribution in [3.8, 4) is 5.75 Å². The van der Waals surface area contributed by atoms with Gasteiger partial charge in [0.05, 0.1) is 18.2 Å². The fourth-order valence-corrected chi connectivity index (χ4v) is 2.53. The summed E-state index contributed by atoms with van der Waals surface area (Å²) in [5.41, 5.74) is 0. The molecule has 2 unspecified atom stereocenters. The molecule has 2 rings (SSSR count). The second-order valence-electron chi connectivity index (χ2n) is 4.70. The Kier molecular flexibility index (Phi) is 5.23. The van der Waals surface area contributed by atoms with Crippen molar-refractivity contribution in [3.05, 3.63) is 29.3 Å². The third-order valence-corrected chi connectivity index (χ3v) is 3.64. The number of benzene rings is 1. The third kappa shape index (κ3) is 3.62. The van der Waals surface area contributed by atoms with Crippen LogP contribution in [0.25, 0.3) is 0 Å². The zero-order valence-corrected chi connectivity index (χ0v) is 12.0. The van der Waals surface area contributed by atoms with E-state index in [0.29, 0.717) is 36.9 Å². The van der Waals surface area contributed by atoms with E-state index in [0.717, 1.165) is 0 Å². The van der Waals surface area contributed by atoms with Crippen LogP contribution in [-0.4, -0.2) is 54.9 Å². The van der Waals surface area contributed by atoms with Crippen molar-refractivity contribution in [2.75, 3.05) is 26.8 Å². The summed E-state index contributed by atoms with van der Waals surface area (Å²) in [6.45, 7) is 1.37. The lowest BCUT2D eigenvalue weighted by Crippen LogP contribution is -2.39. The summed E-state index contributed by atoms with van der Waals surface area (Å²) < 4.78 is 10.3. The number of β-amino-alcohol motifs (C(OH)–C–C–N with tert-alkyl or cyclic N) is 1. The minimum Gasteiger partial charge on any atom is -0.491 e. The highest BCUT2D eigenvalue weighted by molar-refractivity contribution is 6.32. The Bertz CT molecular complexity index is 468. The van der Waals surface area contributed by atoms with E-state index in [2.05, 4.69) is 0 Å². The number of likely N-dealkylation sites (tertiary alicyclic amines) is 1. The Hall–Kier alpha value is -1.30. The summed E-state index contributed by atoms with van der Waals surface area (Å²) in [5.74, 6) is 0.294. The summed E-state index contributed by atoms with van der Waals surface area (Å²) in [4.78, 5) is 13.5. The minimum atomic E-state index is -0.501. The summed E-state index contributed by atoms with van der Waals surface area (Å²) in [7, 11) is 1.35. The molecule has 1 N–H and O–H groups in total. The molecule has 0 aromatic heterocycles. The van der Waals surface area contributed by atoms with E-state index in [4.69, 9.17) is 21.1 Å². The van der Waals surface area contributed by atoms with Gasteiger partial charge in [-0.3, -0.25) is 9.69 Å². The van der Waals surface area contributed by atoms with E-state index in [1.165, 1.54) is 7.11 Å². The molecule has 1 aliphatic heterocycles. The lowest BCUT2D eigenvalue weighted by Gasteiger charge is -2.22. The normalized spacial score (nSPS) is 22.8. The van der Waals surface area contributed by atoms with Crippen LogP contribution >= 0.6 is 11.6 Å². The van der Waals surface area contributed by atoms with Crippen molar-refractivity contribution >= 4 is 17.6 Å². The van der Waals surface area contributed by atoms with Crippen molar-refractivity contribution in [1.82, 2.24) is 4.90 Å². The molecule has 1 aromatic rings. The molecule has 5 nitrogen and oxygen atoms in total. The second-order valence-corrected chi connectivity index (χ2v) is 5.11. The highest BCUT2D eigenvalue weighted by Gasteiger charge is 2.36. The number of carbonyl (C=O) groups is 1. The van der Waals surface area contributed by atoms with Gasteiger partial charge in [0, 0.05) is 19.5 Å². The molecule has 0 spiro atoms. The molecule has 2 atom stereocenters. The highest BCUT2D eigenvalue weighted by atomic mass is 35.5. The van der Waals surface area contributed by atoms with Gasteiger partial charge >= 0.3 is 5.97 Å². The van der Waals surface area contributed by atoms with Crippen LogP contribution in [0.15, 0.2) is 24.3 Å². The third-order valence-electron chi connectivity index (χ3n) is 3.33. The molecule has 1 aliphatic rings.